The molecule has 12 heavy (non-hydrogen) atoms. The molecule has 4 heteroatoms. The number of hydrogen-bond donors (Lipinski definition) is 2. The Morgan fingerprint density at radius 1 is 1.50 bits per heavy atom. The third-order valence-electron chi connectivity index (χ3n) is 1.60. The maximum absolute atomic E-state index is 9.51. The lowest BCUT2D eigenvalue weighted by molar-refractivity contribution is 0.228. The van der Waals surface area contributed by atoms with Crippen LogP contribution in [0.4, 0.5) is 5.69 Å². The van der Waals surface area contributed by atoms with Gasteiger partial charge in [-0.1, -0.05) is 23.9 Å². The molecule has 0 radical (unpaired) electrons. The molecule has 1 atom stereocenters. The number of hydrogen-bond acceptors (Lipinski definition) is 4. The number of fused-ring (bicyclic) bond motifs is 1. The summed E-state index contributed by atoms with van der Waals surface area (Å²) in [6.07, 6.45) is 0. The van der Waals surface area contributed by atoms with Gasteiger partial charge in [-0.25, -0.2) is 0 Å². The van der Waals surface area contributed by atoms with Gasteiger partial charge in [0, 0.05) is 4.90 Å². The first kappa shape index (κ1) is 7.47. The number of rotatable bonds is 0. The van der Waals surface area contributed by atoms with Crippen LogP contribution in [0, 0.1) is 11.3 Å². The molecule has 0 aliphatic carbocycles. The predicted octanol–water partition coefficient (Wildman–Crippen LogP) is 1.37. The van der Waals surface area contributed by atoms with Crippen LogP contribution in [0.15, 0.2) is 29.2 Å². The molecule has 60 valence electrons. The van der Waals surface area contributed by atoms with E-state index in [4.69, 9.17) is 5.26 Å². The third kappa shape index (κ3) is 1.04. The number of nitriles is 1. The summed E-state index contributed by atoms with van der Waals surface area (Å²) in [6.45, 7) is 0. The molecule has 1 aliphatic rings. The molecule has 3 nitrogen and oxygen atoms in total. The molecular weight excluding hydrogens is 172 g/mol. The van der Waals surface area contributed by atoms with Crippen molar-refractivity contribution in [1.29, 1.82) is 5.26 Å². The molecular formula is C8H6N2OS. The molecule has 0 amide bonds. The normalized spacial score (nSPS) is 25.7. The smallest absolute Gasteiger partial charge is 0.280 e. The Balaban J connectivity index is 2.41. The van der Waals surface area contributed by atoms with E-state index < -0.39 is 5.06 Å². The van der Waals surface area contributed by atoms with Gasteiger partial charge in [0.2, 0.25) is 0 Å². The standard InChI is InChI=1S/C8H6N2OS/c9-5-8(11)10-6-3-1-2-4-7(6)12-8/h1-4,10-11H. The van der Waals surface area contributed by atoms with Crippen LogP contribution in [0.3, 0.4) is 0 Å². The summed E-state index contributed by atoms with van der Waals surface area (Å²) in [4.78, 5) is 0.904. The minimum atomic E-state index is -1.48. The maximum atomic E-state index is 9.51. The molecule has 0 aromatic heterocycles. The Morgan fingerprint density at radius 2 is 2.25 bits per heavy atom. The third-order valence-corrected chi connectivity index (χ3v) is 2.67. The zero-order valence-electron chi connectivity index (χ0n) is 6.11. The number of anilines is 1. The monoisotopic (exact) mass is 178 g/mol. The van der Waals surface area contributed by atoms with Crippen LogP contribution in [0.1, 0.15) is 0 Å². The fourth-order valence-corrected chi connectivity index (χ4v) is 1.98. The summed E-state index contributed by atoms with van der Waals surface area (Å²) in [6, 6.07) is 9.22. The first-order valence-corrected chi connectivity index (χ1v) is 4.25. The second-order valence-corrected chi connectivity index (χ2v) is 3.71. The van der Waals surface area contributed by atoms with Crippen molar-refractivity contribution in [3.8, 4) is 6.07 Å². The van der Waals surface area contributed by atoms with Crippen LogP contribution in [0.25, 0.3) is 0 Å². The molecule has 0 fully saturated rings. The number of benzene rings is 1. The summed E-state index contributed by atoms with van der Waals surface area (Å²) >= 11 is 1.12. The summed E-state index contributed by atoms with van der Waals surface area (Å²) in [5.41, 5.74) is 0.812. The second kappa shape index (κ2) is 2.41. The highest BCUT2D eigenvalue weighted by atomic mass is 32.2. The van der Waals surface area contributed by atoms with Crippen LogP contribution >= 0.6 is 11.8 Å². The first-order valence-electron chi connectivity index (χ1n) is 3.43. The van der Waals surface area contributed by atoms with Gasteiger partial charge in [-0.3, -0.25) is 0 Å². The van der Waals surface area contributed by atoms with Crippen LogP contribution in [-0.2, 0) is 0 Å². The Hall–Kier alpha value is -1.18. The van der Waals surface area contributed by atoms with Gasteiger partial charge in [0.15, 0.2) is 0 Å². The number of para-hydroxylation sites is 1. The van der Waals surface area contributed by atoms with Gasteiger partial charge < -0.3 is 10.4 Å². The van der Waals surface area contributed by atoms with Crippen molar-refractivity contribution in [3.05, 3.63) is 24.3 Å². The predicted molar refractivity (Wildman–Crippen MR) is 46.5 cm³/mol. The van der Waals surface area contributed by atoms with E-state index in [0.717, 1.165) is 22.3 Å². The highest BCUT2D eigenvalue weighted by Crippen LogP contribution is 2.42. The zero-order valence-corrected chi connectivity index (χ0v) is 6.93. The van der Waals surface area contributed by atoms with Crippen LogP contribution in [0.2, 0.25) is 0 Å². The minimum absolute atomic E-state index is 0.812. The summed E-state index contributed by atoms with van der Waals surface area (Å²) in [7, 11) is 0. The summed E-state index contributed by atoms with van der Waals surface area (Å²) < 4.78 is 0. The van der Waals surface area contributed by atoms with Gasteiger partial charge in [0.25, 0.3) is 5.06 Å². The molecule has 1 unspecified atom stereocenters. The average molecular weight is 178 g/mol. The summed E-state index contributed by atoms with van der Waals surface area (Å²) in [5.74, 6) is 0. The molecule has 1 heterocycles. The Bertz CT molecular complexity index is 333. The molecule has 2 N–H and O–H groups in total. The van der Waals surface area contributed by atoms with Gasteiger partial charge in [0.05, 0.1) is 5.69 Å². The second-order valence-electron chi connectivity index (χ2n) is 2.48. The molecule has 0 bridgehead atoms. The number of aliphatic hydroxyl groups is 1. The van der Waals surface area contributed by atoms with Crippen molar-refractivity contribution in [2.75, 3.05) is 5.32 Å². The van der Waals surface area contributed by atoms with Crippen molar-refractivity contribution < 1.29 is 5.11 Å². The molecule has 0 spiro atoms. The van der Waals surface area contributed by atoms with Gasteiger partial charge >= 0.3 is 0 Å². The largest absolute Gasteiger partial charge is 0.351 e. The van der Waals surface area contributed by atoms with Crippen molar-refractivity contribution in [3.63, 3.8) is 0 Å². The molecule has 1 aromatic rings. The van der Waals surface area contributed by atoms with Crippen molar-refractivity contribution in [1.82, 2.24) is 0 Å². The van der Waals surface area contributed by atoms with Gasteiger partial charge in [-0.15, -0.1) is 0 Å². The lowest BCUT2D eigenvalue weighted by atomic mass is 10.3. The Morgan fingerprint density at radius 3 is 2.92 bits per heavy atom. The molecule has 0 saturated carbocycles. The quantitative estimate of drug-likeness (QED) is 0.589. The average Bonchev–Trinajstić information content (AvgIpc) is 2.42. The minimum Gasteiger partial charge on any atom is -0.351 e. The van der Waals surface area contributed by atoms with E-state index in [1.807, 2.05) is 24.3 Å². The molecule has 1 aromatic carbocycles. The number of nitrogens with one attached hydrogen (secondary N) is 1. The van der Waals surface area contributed by atoms with E-state index in [0.29, 0.717) is 0 Å². The number of thioether (sulfide) groups is 1. The van der Waals surface area contributed by atoms with E-state index >= 15 is 0 Å². The van der Waals surface area contributed by atoms with E-state index in [2.05, 4.69) is 5.32 Å². The van der Waals surface area contributed by atoms with E-state index in [1.54, 1.807) is 6.07 Å². The van der Waals surface area contributed by atoms with Crippen LogP contribution < -0.4 is 5.32 Å². The fourth-order valence-electron chi connectivity index (χ4n) is 1.08. The fraction of sp³-hybridized carbons (Fsp3) is 0.125. The van der Waals surface area contributed by atoms with E-state index in [9.17, 15) is 5.11 Å². The van der Waals surface area contributed by atoms with Crippen molar-refractivity contribution in [2.45, 2.75) is 9.95 Å². The molecule has 2 rings (SSSR count). The lowest BCUT2D eigenvalue weighted by Gasteiger charge is -2.10. The zero-order chi connectivity index (χ0) is 8.60. The van der Waals surface area contributed by atoms with Gasteiger partial charge in [-0.2, -0.15) is 5.26 Å². The summed E-state index contributed by atoms with van der Waals surface area (Å²) in [5, 5.41) is 19.4. The number of nitrogens with zero attached hydrogens (tertiary/aromatic N) is 1. The highest BCUT2D eigenvalue weighted by molar-refractivity contribution is 8.01. The highest BCUT2D eigenvalue weighted by Gasteiger charge is 2.35. The molecule has 1 aliphatic heterocycles. The van der Waals surface area contributed by atoms with Crippen LogP contribution in [0.5, 0.6) is 0 Å². The first-order chi connectivity index (χ1) is 5.73. The maximum Gasteiger partial charge on any atom is 0.280 e. The van der Waals surface area contributed by atoms with Crippen LogP contribution in [-0.4, -0.2) is 10.2 Å². The Kier molecular flexibility index (Phi) is 1.50. The topological polar surface area (TPSA) is 56.0 Å². The molecule has 0 saturated heterocycles. The SMILES string of the molecule is N#CC1(O)Nc2ccccc2S1. The Labute approximate surface area is 74.0 Å². The van der Waals surface area contributed by atoms with Crippen molar-refractivity contribution >= 4 is 17.4 Å². The van der Waals surface area contributed by atoms with Crippen molar-refractivity contribution in [2.24, 2.45) is 0 Å². The van der Waals surface area contributed by atoms with E-state index in [1.165, 1.54) is 0 Å². The lowest BCUT2D eigenvalue weighted by Crippen LogP contribution is -2.27. The van der Waals surface area contributed by atoms with Gasteiger partial charge in [-0.05, 0) is 12.1 Å². The van der Waals surface area contributed by atoms with E-state index in [-0.39, 0.29) is 0 Å². The van der Waals surface area contributed by atoms with Gasteiger partial charge in [0.1, 0.15) is 6.07 Å².